The van der Waals surface area contributed by atoms with Gasteiger partial charge < -0.3 is 0 Å². The Kier molecular flexibility index (Phi) is 7.95. The molecule has 0 saturated carbocycles. The first-order chi connectivity index (χ1) is 4.81. The first kappa shape index (κ1) is 10.5. The monoisotopic (exact) mass is 206 g/mol. The third-order valence-electron chi connectivity index (χ3n) is 1.88. The third kappa shape index (κ3) is 6.60. The highest BCUT2D eigenvalue weighted by Crippen LogP contribution is 2.13. The van der Waals surface area contributed by atoms with E-state index in [-0.39, 0.29) is 0 Å². The van der Waals surface area contributed by atoms with Crippen LogP contribution in [0.5, 0.6) is 0 Å². The molecule has 0 nitrogen and oxygen atoms in total. The van der Waals surface area contributed by atoms with E-state index in [4.69, 9.17) is 0 Å². The van der Waals surface area contributed by atoms with Crippen LogP contribution >= 0.6 is 15.9 Å². The molecular formula is C9H19Br. The van der Waals surface area contributed by atoms with Crippen LogP contribution in [0.1, 0.15) is 46.0 Å². The molecule has 1 unspecified atom stereocenters. The van der Waals surface area contributed by atoms with Crippen LogP contribution in [0.4, 0.5) is 0 Å². The third-order valence-corrected chi connectivity index (χ3v) is 2.44. The van der Waals surface area contributed by atoms with Gasteiger partial charge in [-0.1, -0.05) is 49.0 Å². The molecule has 0 aliphatic rings. The van der Waals surface area contributed by atoms with E-state index in [1.807, 2.05) is 0 Å². The van der Waals surface area contributed by atoms with Crippen molar-refractivity contribution in [1.82, 2.24) is 0 Å². The van der Waals surface area contributed by atoms with Gasteiger partial charge in [0.15, 0.2) is 0 Å². The summed E-state index contributed by atoms with van der Waals surface area (Å²) >= 11 is 3.45. The minimum Gasteiger partial charge on any atom is -0.0928 e. The van der Waals surface area contributed by atoms with Gasteiger partial charge in [0.25, 0.3) is 0 Å². The van der Waals surface area contributed by atoms with E-state index < -0.39 is 0 Å². The average Bonchev–Trinajstić information content (AvgIpc) is 1.97. The van der Waals surface area contributed by atoms with Crippen molar-refractivity contribution in [3.8, 4) is 0 Å². The van der Waals surface area contributed by atoms with Crippen molar-refractivity contribution in [3.05, 3.63) is 0 Å². The molecule has 0 aliphatic carbocycles. The van der Waals surface area contributed by atoms with E-state index in [2.05, 4.69) is 29.8 Å². The number of hydrogen-bond donors (Lipinski definition) is 0. The molecule has 0 aromatic rings. The summed E-state index contributed by atoms with van der Waals surface area (Å²) in [5, 5.41) is 1.17. The maximum absolute atomic E-state index is 3.45. The fourth-order valence-electron chi connectivity index (χ4n) is 1.12. The van der Waals surface area contributed by atoms with Gasteiger partial charge in [0.2, 0.25) is 0 Å². The molecule has 0 aromatic carbocycles. The molecule has 10 heavy (non-hydrogen) atoms. The van der Waals surface area contributed by atoms with Crippen molar-refractivity contribution >= 4 is 15.9 Å². The number of rotatable bonds is 6. The lowest BCUT2D eigenvalue weighted by Gasteiger charge is -2.08. The molecule has 0 radical (unpaired) electrons. The Balaban J connectivity index is 3.00. The predicted octanol–water partition coefficient (Wildman–Crippen LogP) is 3.99. The van der Waals surface area contributed by atoms with Gasteiger partial charge in [-0.25, -0.2) is 0 Å². The fraction of sp³-hybridized carbons (Fsp3) is 1.00. The molecule has 1 heteroatoms. The van der Waals surface area contributed by atoms with Crippen LogP contribution in [0, 0.1) is 5.92 Å². The van der Waals surface area contributed by atoms with E-state index in [1.165, 1.54) is 37.4 Å². The van der Waals surface area contributed by atoms with E-state index in [0.29, 0.717) is 0 Å². The average molecular weight is 207 g/mol. The second kappa shape index (κ2) is 7.59. The van der Waals surface area contributed by atoms with E-state index in [0.717, 1.165) is 5.92 Å². The molecule has 0 fully saturated rings. The summed E-state index contributed by atoms with van der Waals surface area (Å²) in [4.78, 5) is 0. The van der Waals surface area contributed by atoms with Gasteiger partial charge in [-0.3, -0.25) is 0 Å². The lowest BCUT2D eigenvalue weighted by atomic mass is 10.00. The quantitative estimate of drug-likeness (QED) is 0.577. The lowest BCUT2D eigenvalue weighted by molar-refractivity contribution is 0.468. The van der Waals surface area contributed by atoms with Crippen molar-refractivity contribution < 1.29 is 0 Å². The lowest BCUT2D eigenvalue weighted by Crippen LogP contribution is -1.94. The van der Waals surface area contributed by atoms with Crippen LogP contribution in [-0.4, -0.2) is 5.33 Å². The van der Waals surface area contributed by atoms with Crippen LogP contribution < -0.4 is 0 Å². The van der Waals surface area contributed by atoms with Crippen molar-refractivity contribution in [3.63, 3.8) is 0 Å². The largest absolute Gasteiger partial charge is 0.0928 e. The summed E-state index contributed by atoms with van der Waals surface area (Å²) in [6.07, 6.45) is 6.90. The minimum absolute atomic E-state index is 0.942. The Bertz CT molecular complexity index is 53.7. The summed E-state index contributed by atoms with van der Waals surface area (Å²) in [5.74, 6) is 0.942. The summed E-state index contributed by atoms with van der Waals surface area (Å²) in [6.45, 7) is 4.62. The Labute approximate surface area is 73.5 Å². The zero-order chi connectivity index (χ0) is 7.82. The molecule has 1 atom stereocenters. The molecule has 0 spiro atoms. The zero-order valence-corrected chi connectivity index (χ0v) is 8.78. The topological polar surface area (TPSA) is 0 Å². The first-order valence-corrected chi connectivity index (χ1v) is 5.49. The van der Waals surface area contributed by atoms with Gasteiger partial charge in [-0.2, -0.15) is 0 Å². The summed E-state index contributed by atoms with van der Waals surface area (Å²) in [7, 11) is 0. The van der Waals surface area contributed by atoms with Crippen LogP contribution in [0.2, 0.25) is 0 Å². The highest BCUT2D eigenvalue weighted by atomic mass is 79.9. The molecule has 0 heterocycles. The van der Waals surface area contributed by atoms with Gasteiger partial charge in [0.1, 0.15) is 0 Å². The number of unbranched alkanes of at least 4 members (excludes halogenated alkanes) is 1. The van der Waals surface area contributed by atoms with Crippen molar-refractivity contribution in [2.24, 2.45) is 5.92 Å². The van der Waals surface area contributed by atoms with Gasteiger partial charge in [0.05, 0.1) is 0 Å². The highest BCUT2D eigenvalue weighted by molar-refractivity contribution is 9.09. The molecule has 0 amide bonds. The van der Waals surface area contributed by atoms with E-state index >= 15 is 0 Å². The van der Waals surface area contributed by atoms with Crippen LogP contribution in [-0.2, 0) is 0 Å². The first-order valence-electron chi connectivity index (χ1n) is 4.37. The molecule has 0 aliphatic heterocycles. The van der Waals surface area contributed by atoms with Crippen LogP contribution in [0.25, 0.3) is 0 Å². The van der Waals surface area contributed by atoms with Gasteiger partial charge in [0, 0.05) is 5.33 Å². The second-order valence-electron chi connectivity index (χ2n) is 3.08. The Morgan fingerprint density at radius 2 is 1.80 bits per heavy atom. The number of alkyl halides is 1. The smallest absolute Gasteiger partial charge is 0.00314 e. The number of hydrogen-bond acceptors (Lipinski definition) is 0. The molecule has 0 aromatic heterocycles. The molecule has 0 N–H and O–H groups in total. The van der Waals surface area contributed by atoms with Gasteiger partial charge in [-0.05, 0) is 18.8 Å². The SMILES string of the molecule is CCCCC(C)CCCBr. The maximum Gasteiger partial charge on any atom is 0.00314 e. The van der Waals surface area contributed by atoms with Crippen LogP contribution in [0.3, 0.4) is 0 Å². The van der Waals surface area contributed by atoms with Crippen LogP contribution in [0.15, 0.2) is 0 Å². The fourth-order valence-corrected chi connectivity index (χ4v) is 1.45. The standard InChI is InChI=1S/C9H19Br/c1-3-4-6-9(2)7-5-8-10/h9H,3-8H2,1-2H3. The Morgan fingerprint density at radius 3 is 2.30 bits per heavy atom. The van der Waals surface area contributed by atoms with Crippen molar-refractivity contribution in [2.75, 3.05) is 5.33 Å². The summed E-state index contributed by atoms with van der Waals surface area (Å²) < 4.78 is 0. The Morgan fingerprint density at radius 1 is 1.20 bits per heavy atom. The minimum atomic E-state index is 0.942. The summed E-state index contributed by atoms with van der Waals surface area (Å²) in [5.41, 5.74) is 0. The zero-order valence-electron chi connectivity index (χ0n) is 7.20. The molecule has 62 valence electrons. The van der Waals surface area contributed by atoms with E-state index in [9.17, 15) is 0 Å². The Hall–Kier alpha value is 0.480. The molecule has 0 rings (SSSR count). The number of halogens is 1. The normalized spacial score (nSPS) is 13.5. The van der Waals surface area contributed by atoms with Gasteiger partial charge in [-0.15, -0.1) is 0 Å². The van der Waals surface area contributed by atoms with Crippen molar-refractivity contribution in [1.29, 1.82) is 0 Å². The maximum atomic E-state index is 3.45. The predicted molar refractivity (Wildman–Crippen MR) is 51.7 cm³/mol. The summed E-state index contributed by atoms with van der Waals surface area (Å²) in [6, 6.07) is 0. The van der Waals surface area contributed by atoms with E-state index in [1.54, 1.807) is 0 Å². The second-order valence-corrected chi connectivity index (χ2v) is 3.87. The van der Waals surface area contributed by atoms with Gasteiger partial charge >= 0.3 is 0 Å². The molecule has 0 bridgehead atoms. The van der Waals surface area contributed by atoms with Crippen molar-refractivity contribution in [2.45, 2.75) is 46.0 Å². The highest BCUT2D eigenvalue weighted by Gasteiger charge is 1.99. The molecular weight excluding hydrogens is 188 g/mol. The molecule has 0 saturated heterocycles.